The first-order valence-electron chi connectivity index (χ1n) is 11.2. The van der Waals surface area contributed by atoms with Gasteiger partial charge in [0.15, 0.2) is 0 Å². The predicted molar refractivity (Wildman–Crippen MR) is 122 cm³/mol. The van der Waals surface area contributed by atoms with Crippen molar-refractivity contribution in [2.75, 3.05) is 19.8 Å². The number of piperidine rings is 1. The Balaban J connectivity index is 1.32. The molecule has 0 spiro atoms. The number of aliphatic hydroxyl groups is 1. The van der Waals surface area contributed by atoms with Gasteiger partial charge < -0.3 is 9.84 Å². The zero-order valence-corrected chi connectivity index (χ0v) is 17.8. The van der Waals surface area contributed by atoms with Crippen LogP contribution in [0.3, 0.4) is 0 Å². The van der Waals surface area contributed by atoms with Crippen LogP contribution in [-0.4, -0.2) is 35.8 Å². The molecule has 0 radical (unpaired) electrons. The molecule has 1 heterocycles. The summed E-state index contributed by atoms with van der Waals surface area (Å²) in [4.78, 5) is 2.69. The van der Waals surface area contributed by atoms with E-state index in [0.29, 0.717) is 18.1 Å². The summed E-state index contributed by atoms with van der Waals surface area (Å²) in [6, 6.07) is 22.8. The van der Waals surface area contributed by atoms with E-state index < -0.39 is 0 Å². The van der Waals surface area contributed by atoms with E-state index in [1.807, 2.05) is 0 Å². The first kappa shape index (κ1) is 19.6. The van der Waals surface area contributed by atoms with Gasteiger partial charge in [-0.15, -0.1) is 0 Å². The minimum Gasteiger partial charge on any atom is -0.491 e. The van der Waals surface area contributed by atoms with Gasteiger partial charge in [-0.1, -0.05) is 54.6 Å². The summed E-state index contributed by atoms with van der Waals surface area (Å²) < 4.78 is 5.72. The summed E-state index contributed by atoms with van der Waals surface area (Å²) in [5, 5.41) is 11.8. The predicted octanol–water partition coefficient (Wildman–Crippen LogP) is 5.12. The number of aliphatic hydroxyl groups excluding tert-OH is 1. The van der Waals surface area contributed by atoms with Crippen molar-refractivity contribution in [1.29, 1.82) is 0 Å². The Hall–Kier alpha value is -2.36. The Kier molecular flexibility index (Phi) is 5.26. The molecule has 1 N–H and O–H groups in total. The second-order valence-electron chi connectivity index (χ2n) is 9.29. The fourth-order valence-electron chi connectivity index (χ4n) is 5.73. The Labute approximate surface area is 179 Å². The van der Waals surface area contributed by atoms with Crippen molar-refractivity contribution in [3.05, 3.63) is 77.4 Å². The molecule has 1 saturated heterocycles. The summed E-state index contributed by atoms with van der Waals surface area (Å²) in [5.41, 5.74) is 4.35. The number of fused-ring (bicyclic) bond motifs is 3. The maximum Gasteiger partial charge on any atom is 0.122 e. The van der Waals surface area contributed by atoms with Crippen LogP contribution in [-0.2, 0) is 13.0 Å². The van der Waals surface area contributed by atoms with Gasteiger partial charge in [0.25, 0.3) is 0 Å². The first-order chi connectivity index (χ1) is 14.7. The van der Waals surface area contributed by atoms with E-state index in [1.165, 1.54) is 54.1 Å². The molecule has 30 heavy (non-hydrogen) atoms. The molecule has 1 aliphatic carbocycles. The van der Waals surface area contributed by atoms with Crippen molar-refractivity contribution in [2.45, 2.75) is 45.2 Å². The van der Waals surface area contributed by atoms with Gasteiger partial charge in [-0.25, -0.2) is 0 Å². The van der Waals surface area contributed by atoms with E-state index in [0.717, 1.165) is 17.9 Å². The summed E-state index contributed by atoms with van der Waals surface area (Å²) in [5.74, 6) is 0.899. The molecule has 3 aromatic rings. The molecule has 2 bridgehead atoms. The van der Waals surface area contributed by atoms with Crippen molar-refractivity contribution in [3.63, 3.8) is 0 Å². The molecular weight excluding hydrogens is 370 g/mol. The zero-order chi connectivity index (χ0) is 20.6. The van der Waals surface area contributed by atoms with Gasteiger partial charge in [-0.2, -0.15) is 0 Å². The number of hydrogen-bond donors (Lipinski definition) is 1. The number of ether oxygens (including phenoxy) is 1. The number of aryl methyl sites for hydroxylation is 1. The standard InChI is InChI=1S/C27H31NO2/c1-20-9-10-21(15-26(20)30-14-13-29)18-28-19-27(12-11-24(28)17-27)16-23-7-4-6-22-5-2-3-8-25(22)23/h2-10,15,24,29H,11-14,16-19H2,1H3. The molecule has 5 rings (SSSR count). The van der Waals surface area contributed by atoms with Gasteiger partial charge >= 0.3 is 0 Å². The van der Waals surface area contributed by atoms with Crippen LogP contribution in [0.4, 0.5) is 0 Å². The highest BCUT2D eigenvalue weighted by molar-refractivity contribution is 5.85. The van der Waals surface area contributed by atoms with Crippen LogP contribution in [0.1, 0.15) is 36.0 Å². The topological polar surface area (TPSA) is 32.7 Å². The van der Waals surface area contributed by atoms with E-state index in [1.54, 1.807) is 0 Å². The van der Waals surface area contributed by atoms with Crippen LogP contribution in [0.5, 0.6) is 5.75 Å². The van der Waals surface area contributed by atoms with Crippen LogP contribution >= 0.6 is 0 Å². The van der Waals surface area contributed by atoms with Crippen LogP contribution in [0, 0.1) is 12.3 Å². The SMILES string of the molecule is Cc1ccc(CN2CC3(Cc4cccc5ccccc45)CCC2C3)cc1OCCO. The van der Waals surface area contributed by atoms with E-state index >= 15 is 0 Å². The molecule has 0 amide bonds. The summed E-state index contributed by atoms with van der Waals surface area (Å²) in [7, 11) is 0. The number of benzene rings is 3. The van der Waals surface area contributed by atoms with Gasteiger partial charge in [0, 0.05) is 19.1 Å². The zero-order valence-electron chi connectivity index (χ0n) is 17.8. The molecule has 0 aromatic heterocycles. The van der Waals surface area contributed by atoms with Crippen LogP contribution in [0.2, 0.25) is 0 Å². The lowest BCUT2D eigenvalue weighted by Gasteiger charge is -2.33. The maximum absolute atomic E-state index is 9.07. The quantitative estimate of drug-likeness (QED) is 0.597. The Bertz CT molecular complexity index is 1040. The fraction of sp³-hybridized carbons (Fsp3) is 0.407. The number of hydrogen-bond acceptors (Lipinski definition) is 3. The summed E-state index contributed by atoms with van der Waals surface area (Å²) in [6.45, 7) is 4.63. The van der Waals surface area contributed by atoms with Crippen molar-refractivity contribution >= 4 is 10.8 Å². The molecule has 2 unspecified atom stereocenters. The highest BCUT2D eigenvalue weighted by Gasteiger charge is 2.49. The van der Waals surface area contributed by atoms with Crippen LogP contribution < -0.4 is 4.74 Å². The maximum atomic E-state index is 9.07. The minimum absolute atomic E-state index is 0.0502. The van der Waals surface area contributed by atoms with Gasteiger partial charge in [-0.3, -0.25) is 4.90 Å². The molecule has 1 aliphatic heterocycles. The molecule has 3 nitrogen and oxygen atoms in total. The second-order valence-corrected chi connectivity index (χ2v) is 9.29. The Morgan fingerprint density at radius 2 is 1.97 bits per heavy atom. The third kappa shape index (κ3) is 3.73. The summed E-state index contributed by atoms with van der Waals surface area (Å²) >= 11 is 0. The fourth-order valence-corrected chi connectivity index (χ4v) is 5.73. The highest BCUT2D eigenvalue weighted by atomic mass is 16.5. The smallest absolute Gasteiger partial charge is 0.122 e. The van der Waals surface area contributed by atoms with Crippen molar-refractivity contribution in [1.82, 2.24) is 4.90 Å². The molecule has 2 aliphatic rings. The molecule has 2 atom stereocenters. The van der Waals surface area contributed by atoms with Gasteiger partial charge in [-0.05, 0) is 71.6 Å². The third-order valence-corrected chi connectivity index (χ3v) is 7.16. The number of rotatable bonds is 7. The largest absolute Gasteiger partial charge is 0.491 e. The molecule has 156 valence electrons. The monoisotopic (exact) mass is 401 g/mol. The lowest BCUT2D eigenvalue weighted by atomic mass is 9.80. The normalized spacial score (nSPS) is 23.3. The summed E-state index contributed by atoms with van der Waals surface area (Å²) in [6.07, 6.45) is 5.15. The van der Waals surface area contributed by atoms with E-state index in [2.05, 4.69) is 72.5 Å². The molecule has 1 saturated carbocycles. The molecule has 3 heteroatoms. The number of likely N-dealkylation sites (tertiary alicyclic amines) is 1. The third-order valence-electron chi connectivity index (χ3n) is 7.16. The van der Waals surface area contributed by atoms with E-state index in [-0.39, 0.29) is 6.61 Å². The molecular formula is C27H31NO2. The molecule has 2 fully saturated rings. The lowest BCUT2D eigenvalue weighted by molar-refractivity contribution is 0.163. The lowest BCUT2D eigenvalue weighted by Crippen LogP contribution is -2.35. The van der Waals surface area contributed by atoms with E-state index in [9.17, 15) is 0 Å². The van der Waals surface area contributed by atoms with Crippen LogP contribution in [0.25, 0.3) is 10.8 Å². The first-order valence-corrected chi connectivity index (χ1v) is 11.2. The van der Waals surface area contributed by atoms with Gasteiger partial charge in [0.1, 0.15) is 12.4 Å². The van der Waals surface area contributed by atoms with Gasteiger partial charge in [0.05, 0.1) is 6.61 Å². The van der Waals surface area contributed by atoms with Crippen molar-refractivity contribution in [2.24, 2.45) is 5.41 Å². The molecule has 3 aromatic carbocycles. The average molecular weight is 402 g/mol. The highest BCUT2D eigenvalue weighted by Crippen LogP contribution is 2.50. The minimum atomic E-state index is 0.0502. The van der Waals surface area contributed by atoms with Gasteiger partial charge in [0.2, 0.25) is 0 Å². The Morgan fingerprint density at radius 1 is 1.10 bits per heavy atom. The average Bonchev–Trinajstić information content (AvgIpc) is 3.32. The number of nitrogens with zero attached hydrogens (tertiary/aromatic N) is 1. The Morgan fingerprint density at radius 3 is 2.87 bits per heavy atom. The van der Waals surface area contributed by atoms with E-state index in [4.69, 9.17) is 9.84 Å². The van der Waals surface area contributed by atoms with Crippen LogP contribution in [0.15, 0.2) is 60.7 Å². The second kappa shape index (κ2) is 8.05. The van der Waals surface area contributed by atoms with Crippen molar-refractivity contribution in [3.8, 4) is 5.75 Å². The van der Waals surface area contributed by atoms with Crippen molar-refractivity contribution < 1.29 is 9.84 Å².